The van der Waals surface area contributed by atoms with E-state index in [0.717, 1.165) is 26.4 Å². The highest BCUT2D eigenvalue weighted by molar-refractivity contribution is 7.99. The fraction of sp³-hybridized carbons (Fsp3) is 0.211. The van der Waals surface area contributed by atoms with Gasteiger partial charge in [0.2, 0.25) is 5.91 Å². The number of amides is 1. The molecule has 0 aliphatic heterocycles. The maximum Gasteiger partial charge on any atom is 0.224 e. The van der Waals surface area contributed by atoms with E-state index in [1.54, 1.807) is 6.07 Å². The van der Waals surface area contributed by atoms with E-state index in [4.69, 9.17) is 0 Å². The average Bonchev–Trinajstić information content (AvgIpc) is 2.84. The maximum absolute atomic E-state index is 13.4. The normalized spacial score (nSPS) is 11.2. The lowest BCUT2D eigenvalue weighted by atomic mass is 10.1. The molecule has 0 aliphatic rings. The van der Waals surface area contributed by atoms with E-state index in [1.165, 1.54) is 23.9 Å². The molecule has 0 unspecified atom stereocenters. The Bertz CT molecular complexity index is 873. The van der Waals surface area contributed by atoms with Crippen molar-refractivity contribution in [1.29, 1.82) is 0 Å². The molecule has 124 valence electrons. The van der Waals surface area contributed by atoms with Crippen molar-refractivity contribution in [3.05, 3.63) is 59.9 Å². The predicted molar refractivity (Wildman–Crippen MR) is 95.8 cm³/mol. The molecule has 2 aromatic carbocycles. The largest absolute Gasteiger partial charge is 0.354 e. The molecular formula is C19H19FN2OS. The van der Waals surface area contributed by atoms with Crippen LogP contribution in [0.2, 0.25) is 0 Å². The van der Waals surface area contributed by atoms with E-state index < -0.39 is 0 Å². The van der Waals surface area contributed by atoms with Crippen molar-refractivity contribution in [2.45, 2.75) is 36.2 Å². The number of rotatable bonds is 5. The van der Waals surface area contributed by atoms with Crippen LogP contribution in [0.5, 0.6) is 0 Å². The number of aromatic nitrogens is 1. The third kappa shape index (κ3) is 3.79. The summed E-state index contributed by atoms with van der Waals surface area (Å²) in [6.45, 7) is 3.88. The number of carbonyl (C=O) groups is 1. The molecule has 0 radical (unpaired) electrons. The number of halogens is 1. The summed E-state index contributed by atoms with van der Waals surface area (Å²) >= 11 is 1.44. The molecule has 0 saturated carbocycles. The van der Waals surface area contributed by atoms with E-state index >= 15 is 0 Å². The van der Waals surface area contributed by atoms with Crippen LogP contribution in [0, 0.1) is 5.82 Å². The summed E-state index contributed by atoms with van der Waals surface area (Å²) in [6, 6.07) is 14.4. The molecule has 3 rings (SSSR count). The van der Waals surface area contributed by atoms with E-state index in [1.807, 2.05) is 44.2 Å². The van der Waals surface area contributed by atoms with Crippen molar-refractivity contribution < 1.29 is 9.18 Å². The first-order valence-electron chi connectivity index (χ1n) is 7.85. The first-order chi connectivity index (χ1) is 11.5. The highest BCUT2D eigenvalue weighted by Crippen LogP contribution is 2.34. The molecule has 3 nitrogen and oxygen atoms in total. The molecule has 1 aromatic heterocycles. The molecule has 3 aromatic rings. The third-order valence-corrected chi connectivity index (χ3v) is 4.62. The van der Waals surface area contributed by atoms with E-state index in [2.05, 4.69) is 10.3 Å². The number of carbonyl (C=O) groups excluding carboxylic acids is 1. The molecule has 0 spiro atoms. The van der Waals surface area contributed by atoms with Crippen LogP contribution >= 0.6 is 11.8 Å². The first kappa shape index (κ1) is 16.6. The summed E-state index contributed by atoms with van der Waals surface area (Å²) in [5.74, 6) is -0.286. The van der Waals surface area contributed by atoms with Crippen LogP contribution in [0.15, 0.2) is 58.5 Å². The smallest absolute Gasteiger partial charge is 0.224 e. The summed E-state index contributed by atoms with van der Waals surface area (Å²) in [5.41, 5.74) is 1.92. The van der Waals surface area contributed by atoms with Gasteiger partial charge in [-0.3, -0.25) is 4.79 Å². The van der Waals surface area contributed by atoms with E-state index in [9.17, 15) is 9.18 Å². The van der Waals surface area contributed by atoms with Crippen LogP contribution in [0.4, 0.5) is 4.39 Å². The fourth-order valence-electron chi connectivity index (χ4n) is 2.62. The van der Waals surface area contributed by atoms with E-state index in [-0.39, 0.29) is 17.8 Å². The van der Waals surface area contributed by atoms with Gasteiger partial charge in [0, 0.05) is 27.4 Å². The minimum atomic E-state index is -0.268. The molecule has 0 bridgehead atoms. The number of benzene rings is 2. The van der Waals surface area contributed by atoms with Gasteiger partial charge in [0.1, 0.15) is 5.82 Å². The molecule has 0 atom stereocenters. The van der Waals surface area contributed by atoms with Gasteiger partial charge >= 0.3 is 0 Å². The Morgan fingerprint density at radius 3 is 2.75 bits per heavy atom. The lowest BCUT2D eigenvalue weighted by Crippen LogP contribution is -2.31. The first-order valence-corrected chi connectivity index (χ1v) is 8.67. The Balaban J connectivity index is 1.97. The van der Waals surface area contributed by atoms with Gasteiger partial charge in [0.25, 0.3) is 0 Å². The molecule has 0 saturated heterocycles. The monoisotopic (exact) mass is 342 g/mol. The number of hydrogen-bond donors (Lipinski definition) is 2. The molecule has 0 fully saturated rings. The van der Waals surface area contributed by atoms with Crippen molar-refractivity contribution in [3.8, 4) is 0 Å². The van der Waals surface area contributed by atoms with Gasteiger partial charge in [-0.05, 0) is 38.1 Å². The summed E-state index contributed by atoms with van der Waals surface area (Å²) in [4.78, 5) is 16.4. The SMILES string of the molecule is CC(C)NC(=O)Cc1c(Sc2cccc(F)c2)[nH]c2ccccc12. The molecule has 1 heterocycles. The molecular weight excluding hydrogens is 323 g/mol. The van der Waals surface area contributed by atoms with Gasteiger partial charge in [-0.1, -0.05) is 36.0 Å². The van der Waals surface area contributed by atoms with Crippen molar-refractivity contribution in [2.24, 2.45) is 0 Å². The zero-order chi connectivity index (χ0) is 17.1. The zero-order valence-corrected chi connectivity index (χ0v) is 14.4. The number of aromatic amines is 1. The Kier molecular flexibility index (Phi) is 4.90. The van der Waals surface area contributed by atoms with Gasteiger partial charge < -0.3 is 10.3 Å². The second kappa shape index (κ2) is 7.09. The topological polar surface area (TPSA) is 44.9 Å². The van der Waals surface area contributed by atoms with E-state index in [0.29, 0.717) is 6.42 Å². The Morgan fingerprint density at radius 2 is 2.00 bits per heavy atom. The number of fused-ring (bicyclic) bond motifs is 1. The molecule has 0 aliphatic carbocycles. The number of nitrogens with one attached hydrogen (secondary N) is 2. The summed E-state index contributed by atoms with van der Waals surface area (Å²) in [5, 5.41) is 4.82. The standard InChI is InChI=1S/C19H19FN2OS/c1-12(2)21-18(23)11-16-15-8-3-4-9-17(15)22-19(16)24-14-7-5-6-13(20)10-14/h3-10,12,22H,11H2,1-2H3,(H,21,23). The van der Waals surface area contributed by atoms with Crippen LogP contribution in [0.25, 0.3) is 10.9 Å². The van der Waals surface area contributed by atoms with Gasteiger partial charge in [-0.25, -0.2) is 4.39 Å². The van der Waals surface area contributed by atoms with Crippen LogP contribution in [-0.2, 0) is 11.2 Å². The van der Waals surface area contributed by atoms with Gasteiger partial charge in [-0.15, -0.1) is 0 Å². The molecule has 24 heavy (non-hydrogen) atoms. The third-order valence-electron chi connectivity index (χ3n) is 3.58. The highest BCUT2D eigenvalue weighted by atomic mass is 32.2. The van der Waals surface area contributed by atoms with Crippen LogP contribution in [0.1, 0.15) is 19.4 Å². The van der Waals surface area contributed by atoms with Crippen LogP contribution < -0.4 is 5.32 Å². The van der Waals surface area contributed by atoms with Gasteiger partial charge in [0.05, 0.1) is 11.4 Å². The van der Waals surface area contributed by atoms with Crippen LogP contribution in [-0.4, -0.2) is 16.9 Å². The number of para-hydroxylation sites is 1. The summed E-state index contributed by atoms with van der Waals surface area (Å²) < 4.78 is 13.4. The number of hydrogen-bond acceptors (Lipinski definition) is 2. The van der Waals surface area contributed by atoms with Crippen molar-refractivity contribution in [3.63, 3.8) is 0 Å². The Morgan fingerprint density at radius 1 is 1.21 bits per heavy atom. The lowest BCUT2D eigenvalue weighted by molar-refractivity contribution is -0.120. The van der Waals surface area contributed by atoms with Crippen molar-refractivity contribution >= 4 is 28.6 Å². The summed E-state index contributed by atoms with van der Waals surface area (Å²) in [6.07, 6.45) is 0.292. The fourth-order valence-corrected chi connectivity index (χ4v) is 3.64. The molecule has 2 N–H and O–H groups in total. The predicted octanol–water partition coefficient (Wildman–Crippen LogP) is 4.53. The van der Waals surface area contributed by atoms with Crippen molar-refractivity contribution in [1.82, 2.24) is 10.3 Å². The average molecular weight is 342 g/mol. The van der Waals surface area contributed by atoms with Crippen molar-refractivity contribution in [2.75, 3.05) is 0 Å². The number of H-pyrrole nitrogens is 1. The Labute approximate surface area is 144 Å². The Hall–Kier alpha value is -2.27. The molecule has 1 amide bonds. The second-order valence-electron chi connectivity index (χ2n) is 5.94. The quantitative estimate of drug-likeness (QED) is 0.716. The lowest BCUT2D eigenvalue weighted by Gasteiger charge is -2.09. The van der Waals surface area contributed by atoms with Gasteiger partial charge in [0.15, 0.2) is 0 Å². The van der Waals surface area contributed by atoms with Gasteiger partial charge in [-0.2, -0.15) is 0 Å². The minimum Gasteiger partial charge on any atom is -0.354 e. The second-order valence-corrected chi connectivity index (χ2v) is 7.02. The van der Waals surface area contributed by atoms with Crippen LogP contribution in [0.3, 0.4) is 0 Å². The summed E-state index contributed by atoms with van der Waals surface area (Å²) in [7, 11) is 0. The minimum absolute atomic E-state index is 0.0177. The zero-order valence-electron chi connectivity index (χ0n) is 13.6. The highest BCUT2D eigenvalue weighted by Gasteiger charge is 2.16. The molecule has 5 heteroatoms. The maximum atomic E-state index is 13.4.